The highest BCUT2D eigenvalue weighted by molar-refractivity contribution is 5.94. The zero-order valence-electron chi connectivity index (χ0n) is 11.7. The number of nitrogen functional groups attached to an aromatic ring is 1. The lowest BCUT2D eigenvalue weighted by molar-refractivity contribution is 0.0951. The Balaban J connectivity index is 1.63. The van der Waals surface area contributed by atoms with Crippen LogP contribution in [0.5, 0.6) is 0 Å². The number of nitrogens with one attached hydrogen (secondary N) is 1. The minimum atomic E-state index is -0.186. The van der Waals surface area contributed by atoms with E-state index in [4.69, 9.17) is 5.73 Å². The summed E-state index contributed by atoms with van der Waals surface area (Å²) in [5, 5.41) is 6.90. The summed E-state index contributed by atoms with van der Waals surface area (Å²) in [4.78, 5) is 19.8. The normalized spacial score (nSPS) is 10.4. The molecular weight excluding hydrogens is 280 g/mol. The van der Waals surface area contributed by atoms with Crippen LogP contribution in [0.15, 0.2) is 55.2 Å². The lowest BCUT2D eigenvalue weighted by Crippen LogP contribution is -2.22. The maximum absolute atomic E-state index is 12.0. The predicted octanol–water partition coefficient (Wildman–Crippen LogP) is 1.17. The molecule has 0 aliphatic rings. The number of aromatic nitrogens is 4. The molecule has 0 aliphatic heterocycles. The van der Waals surface area contributed by atoms with E-state index in [1.807, 2.05) is 24.3 Å². The van der Waals surface area contributed by atoms with Crippen LogP contribution in [0.3, 0.4) is 0 Å². The molecule has 3 N–H and O–H groups in total. The largest absolute Gasteiger partial charge is 0.384 e. The summed E-state index contributed by atoms with van der Waals surface area (Å²) in [7, 11) is 0. The molecule has 2 aromatic heterocycles. The first-order valence-corrected chi connectivity index (χ1v) is 6.66. The quantitative estimate of drug-likeness (QED) is 0.752. The van der Waals surface area contributed by atoms with E-state index in [2.05, 4.69) is 20.4 Å². The first-order chi connectivity index (χ1) is 10.7. The minimum absolute atomic E-state index is 0.186. The number of nitrogens with zero attached hydrogens (tertiary/aromatic N) is 4. The number of carbonyl (C=O) groups excluding carboxylic acids is 1. The third-order valence-corrected chi connectivity index (χ3v) is 3.12. The number of nitrogens with two attached hydrogens (primary N) is 1. The molecule has 3 aromatic rings. The number of amides is 1. The number of pyridine rings is 1. The van der Waals surface area contributed by atoms with Crippen LogP contribution >= 0.6 is 0 Å². The topological polar surface area (TPSA) is 98.7 Å². The maximum atomic E-state index is 12.0. The molecule has 1 amide bonds. The van der Waals surface area contributed by atoms with Gasteiger partial charge >= 0.3 is 0 Å². The van der Waals surface area contributed by atoms with Gasteiger partial charge in [0.15, 0.2) is 0 Å². The number of hydrogen-bond acceptors (Lipinski definition) is 5. The minimum Gasteiger partial charge on any atom is -0.384 e. The standard InChI is InChI=1S/C15H14N6O/c16-14-7-12(5-6-18-14)15(22)19-8-11-1-3-13(4-2-11)21-10-17-9-20-21/h1-7,9-10H,8H2,(H2,16,18)(H,19,22). The van der Waals surface area contributed by atoms with Crippen molar-refractivity contribution in [2.24, 2.45) is 0 Å². The molecule has 1 aromatic carbocycles. The molecule has 2 heterocycles. The summed E-state index contributed by atoms with van der Waals surface area (Å²) in [5.41, 5.74) is 7.95. The van der Waals surface area contributed by atoms with Gasteiger partial charge in [-0.3, -0.25) is 4.79 Å². The molecule has 3 rings (SSSR count). The van der Waals surface area contributed by atoms with Gasteiger partial charge in [-0.15, -0.1) is 0 Å². The van der Waals surface area contributed by atoms with Gasteiger partial charge in [-0.05, 0) is 29.8 Å². The average Bonchev–Trinajstić information content (AvgIpc) is 3.07. The summed E-state index contributed by atoms with van der Waals surface area (Å²) in [6.45, 7) is 0.429. The number of hydrogen-bond donors (Lipinski definition) is 2. The Kier molecular flexibility index (Phi) is 3.78. The smallest absolute Gasteiger partial charge is 0.251 e. The van der Waals surface area contributed by atoms with Crippen LogP contribution in [0.4, 0.5) is 5.82 Å². The highest BCUT2D eigenvalue weighted by atomic mass is 16.1. The Hall–Kier alpha value is -3.22. The van der Waals surface area contributed by atoms with Gasteiger partial charge < -0.3 is 11.1 Å². The van der Waals surface area contributed by atoms with Crippen molar-refractivity contribution in [1.82, 2.24) is 25.1 Å². The van der Waals surface area contributed by atoms with E-state index in [1.165, 1.54) is 12.5 Å². The second kappa shape index (κ2) is 6.04. The van der Waals surface area contributed by atoms with E-state index in [0.717, 1.165) is 11.3 Å². The summed E-state index contributed by atoms with van der Waals surface area (Å²) < 4.78 is 1.67. The summed E-state index contributed by atoms with van der Waals surface area (Å²) in [6.07, 6.45) is 4.62. The lowest BCUT2D eigenvalue weighted by Gasteiger charge is -2.07. The Morgan fingerprint density at radius 3 is 2.73 bits per heavy atom. The summed E-state index contributed by atoms with van der Waals surface area (Å²) >= 11 is 0. The zero-order valence-corrected chi connectivity index (χ0v) is 11.7. The molecule has 110 valence electrons. The third kappa shape index (κ3) is 3.09. The van der Waals surface area contributed by atoms with Crippen LogP contribution in [0.25, 0.3) is 5.69 Å². The lowest BCUT2D eigenvalue weighted by atomic mass is 10.2. The molecule has 0 bridgehead atoms. The molecular formula is C15H14N6O. The first kappa shape index (κ1) is 13.7. The van der Waals surface area contributed by atoms with Gasteiger partial charge in [0.25, 0.3) is 5.91 Å². The number of anilines is 1. The molecule has 7 heteroatoms. The van der Waals surface area contributed by atoms with E-state index in [1.54, 1.807) is 23.1 Å². The van der Waals surface area contributed by atoms with Crippen LogP contribution in [-0.4, -0.2) is 25.7 Å². The van der Waals surface area contributed by atoms with Crippen molar-refractivity contribution in [1.29, 1.82) is 0 Å². The summed E-state index contributed by atoms with van der Waals surface area (Å²) in [6, 6.07) is 10.9. The first-order valence-electron chi connectivity index (χ1n) is 6.66. The van der Waals surface area contributed by atoms with E-state index in [0.29, 0.717) is 17.9 Å². The molecule has 0 saturated heterocycles. The van der Waals surface area contributed by atoms with E-state index in [9.17, 15) is 4.79 Å². The molecule has 0 saturated carbocycles. The Labute approximate surface area is 126 Å². The SMILES string of the molecule is Nc1cc(C(=O)NCc2ccc(-n3cncn3)cc2)ccn1. The molecule has 0 fully saturated rings. The fourth-order valence-corrected chi connectivity index (χ4v) is 1.98. The van der Waals surface area contributed by atoms with Gasteiger partial charge in [-0.1, -0.05) is 12.1 Å². The number of rotatable bonds is 4. The fourth-order valence-electron chi connectivity index (χ4n) is 1.98. The molecule has 0 aliphatic carbocycles. The van der Waals surface area contributed by atoms with Crippen LogP contribution in [-0.2, 0) is 6.54 Å². The van der Waals surface area contributed by atoms with Gasteiger partial charge in [0.1, 0.15) is 18.5 Å². The molecule has 0 radical (unpaired) electrons. The van der Waals surface area contributed by atoms with Gasteiger partial charge in [0, 0.05) is 18.3 Å². The average molecular weight is 294 g/mol. The van der Waals surface area contributed by atoms with Crippen molar-refractivity contribution >= 4 is 11.7 Å². The maximum Gasteiger partial charge on any atom is 0.251 e. The van der Waals surface area contributed by atoms with Crippen molar-refractivity contribution in [3.63, 3.8) is 0 Å². The van der Waals surface area contributed by atoms with Crippen molar-refractivity contribution in [2.45, 2.75) is 6.54 Å². The second-order valence-corrected chi connectivity index (χ2v) is 4.66. The summed E-state index contributed by atoms with van der Waals surface area (Å²) in [5.74, 6) is 0.138. The van der Waals surface area contributed by atoms with Gasteiger partial charge in [-0.25, -0.2) is 14.6 Å². The van der Waals surface area contributed by atoms with Gasteiger partial charge in [0.2, 0.25) is 0 Å². The van der Waals surface area contributed by atoms with Crippen LogP contribution in [0.2, 0.25) is 0 Å². The van der Waals surface area contributed by atoms with Crippen molar-refractivity contribution in [3.8, 4) is 5.69 Å². The highest BCUT2D eigenvalue weighted by Gasteiger charge is 2.06. The highest BCUT2D eigenvalue weighted by Crippen LogP contribution is 2.08. The monoisotopic (exact) mass is 294 g/mol. The molecule has 0 unspecified atom stereocenters. The van der Waals surface area contributed by atoms with E-state index >= 15 is 0 Å². The molecule has 22 heavy (non-hydrogen) atoms. The van der Waals surface area contributed by atoms with Crippen molar-refractivity contribution in [3.05, 3.63) is 66.4 Å². The molecule has 0 spiro atoms. The van der Waals surface area contributed by atoms with Crippen LogP contribution in [0.1, 0.15) is 15.9 Å². The van der Waals surface area contributed by atoms with Crippen LogP contribution in [0, 0.1) is 0 Å². The van der Waals surface area contributed by atoms with E-state index in [-0.39, 0.29) is 5.91 Å². The van der Waals surface area contributed by atoms with Crippen molar-refractivity contribution in [2.75, 3.05) is 5.73 Å². The molecule has 7 nitrogen and oxygen atoms in total. The number of benzene rings is 1. The molecule has 0 atom stereocenters. The number of carbonyl (C=O) groups is 1. The fraction of sp³-hybridized carbons (Fsp3) is 0.0667. The predicted molar refractivity (Wildman–Crippen MR) is 81.2 cm³/mol. The third-order valence-electron chi connectivity index (χ3n) is 3.12. The Bertz CT molecular complexity index is 767. The Morgan fingerprint density at radius 2 is 2.05 bits per heavy atom. The Morgan fingerprint density at radius 1 is 1.23 bits per heavy atom. The van der Waals surface area contributed by atoms with Gasteiger partial charge in [-0.2, -0.15) is 5.10 Å². The van der Waals surface area contributed by atoms with Gasteiger partial charge in [0.05, 0.1) is 5.69 Å². The van der Waals surface area contributed by atoms with Crippen molar-refractivity contribution < 1.29 is 4.79 Å². The zero-order chi connectivity index (χ0) is 15.4. The van der Waals surface area contributed by atoms with Crippen LogP contribution < -0.4 is 11.1 Å². The van der Waals surface area contributed by atoms with E-state index < -0.39 is 0 Å². The second-order valence-electron chi connectivity index (χ2n) is 4.66.